The summed E-state index contributed by atoms with van der Waals surface area (Å²) >= 11 is 0. The summed E-state index contributed by atoms with van der Waals surface area (Å²) in [7, 11) is 2.78. The van der Waals surface area contributed by atoms with Crippen molar-refractivity contribution in [3.8, 4) is 11.8 Å². The molecule has 3 N–H and O–H groups in total. The van der Waals surface area contributed by atoms with Crippen LogP contribution in [0, 0.1) is 17.7 Å². The summed E-state index contributed by atoms with van der Waals surface area (Å²) in [5.41, 5.74) is 3.54. The lowest BCUT2D eigenvalue weighted by Gasteiger charge is -2.38. The minimum atomic E-state index is -1.80. The van der Waals surface area contributed by atoms with E-state index in [1.54, 1.807) is 0 Å². The van der Waals surface area contributed by atoms with Gasteiger partial charge in [-0.05, 0) is 30.2 Å². The van der Waals surface area contributed by atoms with Gasteiger partial charge in [0.15, 0.2) is 23.1 Å². The number of amides is 1. The zero-order valence-electron chi connectivity index (χ0n) is 17.1. The number of carbonyl (C=O) groups excluding carboxylic acids is 1. The normalized spacial score (nSPS) is 22.4. The summed E-state index contributed by atoms with van der Waals surface area (Å²) in [5, 5.41) is 20.8. The molecule has 1 aromatic carbocycles. The van der Waals surface area contributed by atoms with Gasteiger partial charge in [-0.2, -0.15) is 4.98 Å². The van der Waals surface area contributed by atoms with Gasteiger partial charge in [-0.1, -0.05) is 5.92 Å². The number of imidazole rings is 1. The van der Waals surface area contributed by atoms with Gasteiger partial charge in [-0.25, -0.2) is 19.8 Å². The van der Waals surface area contributed by atoms with Crippen LogP contribution in [0.3, 0.4) is 0 Å². The first kappa shape index (κ1) is 21.6. The van der Waals surface area contributed by atoms with Crippen LogP contribution in [0.2, 0.25) is 0 Å². The first-order valence-electron chi connectivity index (χ1n) is 9.41. The lowest BCUT2D eigenvalue weighted by atomic mass is 10.1. The third-order valence-electron chi connectivity index (χ3n) is 4.98. The number of nitrogens with zero attached hydrogens (tertiary/aromatic N) is 5. The molecule has 11 nitrogen and oxygen atoms in total. The van der Waals surface area contributed by atoms with Crippen molar-refractivity contribution in [3.05, 3.63) is 47.8 Å². The highest BCUT2D eigenvalue weighted by Crippen LogP contribution is 2.36. The highest BCUT2D eigenvalue weighted by Gasteiger charge is 2.54. The van der Waals surface area contributed by atoms with Crippen molar-refractivity contribution in [1.29, 1.82) is 0 Å². The van der Waals surface area contributed by atoms with Crippen LogP contribution >= 0.6 is 0 Å². The Kier molecular flexibility index (Phi) is 5.72. The lowest BCUT2D eigenvalue weighted by Crippen LogP contribution is -2.56. The lowest BCUT2D eigenvalue weighted by molar-refractivity contribution is -0.212. The van der Waals surface area contributed by atoms with Crippen molar-refractivity contribution in [2.75, 3.05) is 26.2 Å². The summed E-state index contributed by atoms with van der Waals surface area (Å²) in [6, 6.07) is 5.59. The van der Waals surface area contributed by atoms with Crippen LogP contribution in [-0.4, -0.2) is 74.0 Å². The van der Waals surface area contributed by atoms with E-state index in [1.807, 2.05) is 0 Å². The molecule has 1 aliphatic heterocycles. The van der Waals surface area contributed by atoms with Gasteiger partial charge in [-0.15, -0.1) is 0 Å². The number of nitrogens with one attached hydrogen (secondary N) is 1. The van der Waals surface area contributed by atoms with Crippen molar-refractivity contribution in [2.24, 2.45) is 0 Å². The molecule has 1 fully saturated rings. The highest BCUT2D eigenvalue weighted by molar-refractivity contribution is 5.83. The number of likely N-dealkylation sites (N-methyl/N-ethyl adjacent to an activating group) is 1. The third-order valence-corrected chi connectivity index (χ3v) is 4.98. The van der Waals surface area contributed by atoms with Crippen LogP contribution in [0.15, 0.2) is 30.6 Å². The number of benzene rings is 1. The Morgan fingerprint density at radius 2 is 2.09 bits per heavy atom. The zero-order chi connectivity index (χ0) is 22.9. The Morgan fingerprint density at radius 1 is 1.34 bits per heavy atom. The average Bonchev–Trinajstić information content (AvgIpc) is 3.35. The van der Waals surface area contributed by atoms with E-state index in [1.165, 1.54) is 49.3 Å². The molecular weight excluding hydrogens is 423 g/mol. The van der Waals surface area contributed by atoms with E-state index in [-0.39, 0.29) is 35.2 Å². The number of hydrogen-bond acceptors (Lipinski definition) is 9. The monoisotopic (exact) mass is 442 g/mol. The number of rotatable bonds is 5. The van der Waals surface area contributed by atoms with E-state index in [0.29, 0.717) is 12.0 Å². The van der Waals surface area contributed by atoms with Gasteiger partial charge in [-0.3, -0.25) is 19.1 Å². The van der Waals surface area contributed by atoms with E-state index in [2.05, 4.69) is 32.3 Å². The van der Waals surface area contributed by atoms with E-state index in [0.717, 1.165) is 4.90 Å². The van der Waals surface area contributed by atoms with Crippen LogP contribution in [0.5, 0.6) is 0 Å². The van der Waals surface area contributed by atoms with Crippen molar-refractivity contribution >= 4 is 23.4 Å². The minimum absolute atomic E-state index is 0.0556. The molecule has 0 aliphatic carbocycles. The number of anilines is 1. The van der Waals surface area contributed by atoms with Crippen LogP contribution < -0.4 is 5.48 Å². The maximum absolute atomic E-state index is 13.1. The first-order chi connectivity index (χ1) is 15.4. The van der Waals surface area contributed by atoms with Crippen LogP contribution in [-0.2, 0) is 20.2 Å². The van der Waals surface area contributed by atoms with Gasteiger partial charge in [0.25, 0.3) is 5.85 Å². The van der Waals surface area contributed by atoms with Gasteiger partial charge in [0.2, 0.25) is 12.2 Å². The van der Waals surface area contributed by atoms with Crippen LogP contribution in [0.25, 0.3) is 11.2 Å². The molecule has 2 aromatic heterocycles. The van der Waals surface area contributed by atoms with E-state index >= 15 is 0 Å². The quantitative estimate of drug-likeness (QED) is 0.279. The Balaban J connectivity index is 1.88. The molecule has 12 heteroatoms. The smallest absolute Gasteiger partial charge is 0.259 e. The second-order valence-electron chi connectivity index (χ2n) is 6.94. The largest absolute Gasteiger partial charge is 0.388 e. The predicted octanol–water partition coefficient (Wildman–Crippen LogP) is -0.211. The van der Waals surface area contributed by atoms with E-state index in [9.17, 15) is 19.4 Å². The molecule has 3 aromatic rings. The molecular formula is C20H19FN6O5. The Morgan fingerprint density at radius 3 is 2.72 bits per heavy atom. The number of hydrogen-bond donors (Lipinski definition) is 3. The molecule has 0 bridgehead atoms. The standard InChI is InChI=1S/C20H19FN6O5/c1-26(11-28)20(17(30)14(29)9-32-20)27-10-22-16-18(25-31-2)23-15(24-19(16)27)8-5-12-3-6-13(21)7-4-12/h3-4,6-7,10-11,14,17,29-30H,9H2,1-2H3,(H,23,24,25)/t14-,17+,20-/m1/s1. The molecule has 32 heavy (non-hydrogen) atoms. The maximum Gasteiger partial charge on any atom is 0.259 e. The fourth-order valence-electron chi connectivity index (χ4n) is 3.42. The number of aliphatic hydroxyl groups excluding tert-OH is 2. The number of ether oxygens (including phenoxy) is 1. The molecule has 0 spiro atoms. The van der Waals surface area contributed by atoms with Crippen molar-refractivity contribution < 1.29 is 29.0 Å². The van der Waals surface area contributed by atoms with Gasteiger partial charge in [0, 0.05) is 12.6 Å². The summed E-state index contributed by atoms with van der Waals surface area (Å²) in [5.74, 6) is 3.68. The number of aliphatic hydroxyl groups is 2. The molecule has 0 unspecified atom stereocenters. The topological polar surface area (TPSA) is 135 Å². The molecule has 1 saturated heterocycles. The SMILES string of the molecule is CONc1nc(C#Cc2ccc(F)cc2)nc2c1ncn2[C@@]1(N(C)C=O)OC[C@@H](O)[C@@H]1O. The van der Waals surface area contributed by atoms with Gasteiger partial charge in [0.1, 0.15) is 18.2 Å². The Labute approximate surface area is 181 Å². The summed E-state index contributed by atoms with van der Waals surface area (Å²) in [6.07, 6.45) is -0.972. The minimum Gasteiger partial charge on any atom is -0.388 e. The van der Waals surface area contributed by atoms with Gasteiger partial charge >= 0.3 is 0 Å². The molecule has 4 rings (SSSR count). The number of fused-ring (bicyclic) bond motifs is 1. The maximum atomic E-state index is 13.1. The molecule has 1 aliphatic rings. The third kappa shape index (κ3) is 3.53. The number of carbonyl (C=O) groups is 1. The highest BCUT2D eigenvalue weighted by atomic mass is 19.1. The predicted molar refractivity (Wildman–Crippen MR) is 108 cm³/mol. The fourth-order valence-corrected chi connectivity index (χ4v) is 3.42. The fraction of sp³-hybridized carbons (Fsp3) is 0.300. The second-order valence-corrected chi connectivity index (χ2v) is 6.94. The zero-order valence-corrected chi connectivity index (χ0v) is 17.1. The van der Waals surface area contributed by atoms with E-state index in [4.69, 9.17) is 9.57 Å². The summed E-state index contributed by atoms with van der Waals surface area (Å²) in [6.45, 7) is -0.218. The van der Waals surface area contributed by atoms with Crippen molar-refractivity contribution in [3.63, 3.8) is 0 Å². The number of aromatic nitrogens is 4. The number of halogens is 1. The van der Waals surface area contributed by atoms with Crippen LogP contribution in [0.1, 0.15) is 11.4 Å². The Bertz CT molecular complexity index is 1210. The van der Waals surface area contributed by atoms with Gasteiger partial charge in [0.05, 0.1) is 13.7 Å². The van der Waals surface area contributed by atoms with Gasteiger partial charge < -0.3 is 14.9 Å². The average molecular weight is 442 g/mol. The summed E-state index contributed by atoms with van der Waals surface area (Å²) < 4.78 is 20.1. The van der Waals surface area contributed by atoms with Crippen molar-refractivity contribution in [1.82, 2.24) is 24.4 Å². The second kappa shape index (κ2) is 8.48. The first-order valence-corrected chi connectivity index (χ1v) is 9.41. The molecule has 1 amide bonds. The molecule has 3 atom stereocenters. The van der Waals surface area contributed by atoms with Crippen molar-refractivity contribution in [2.45, 2.75) is 18.1 Å². The molecule has 0 radical (unpaired) electrons. The van der Waals surface area contributed by atoms with Crippen LogP contribution in [0.4, 0.5) is 10.2 Å². The van der Waals surface area contributed by atoms with E-state index < -0.39 is 18.1 Å². The molecule has 166 valence electrons. The Hall–Kier alpha value is -3.63. The summed E-state index contributed by atoms with van der Waals surface area (Å²) in [4.78, 5) is 30.6. The molecule has 3 heterocycles. The molecule has 0 saturated carbocycles.